The van der Waals surface area contributed by atoms with Gasteiger partial charge in [-0.05, 0) is 56.3 Å². The van der Waals surface area contributed by atoms with Crippen molar-refractivity contribution in [2.24, 2.45) is 35.5 Å². The van der Waals surface area contributed by atoms with Gasteiger partial charge < -0.3 is 62.6 Å². The lowest BCUT2D eigenvalue weighted by Crippen LogP contribution is -2.65. The first kappa shape index (κ1) is 33.7. The predicted octanol–water partition coefficient (Wildman–Crippen LogP) is -0.316. The first-order valence-corrected chi connectivity index (χ1v) is 17.6. The molecule has 16 nitrogen and oxygen atoms in total. The van der Waals surface area contributed by atoms with Gasteiger partial charge in [-0.15, -0.1) is 0 Å². The standard InChI is InChI=1S/C29H45O16P/c1-11-38-9-20-27(42-11)23(30)24(31)29(43-20)44-25-14-7-17-16(40-10-41-17)6-13(14)21(22-15(25)8-39-28(22)32)12-4-18(36-2)26(19(5-12)37-3)45-46(33,34)35/h11-27,29-31H,4-10H2,1-3H3,(H2,33,34,35)/t11-,12?,13?,14?,15+,16?,17?,18?,19?,20-,21-,22+,23-,24-,25-,26?,27-,29+/m1/s1. The molecule has 4 heterocycles. The number of rotatable bonds is 7. The number of methoxy groups -OCH3 is 2. The minimum absolute atomic E-state index is 0.110. The summed E-state index contributed by atoms with van der Waals surface area (Å²) in [5.41, 5.74) is 0. The van der Waals surface area contributed by atoms with Crippen LogP contribution in [0.5, 0.6) is 0 Å². The molecule has 3 aliphatic carbocycles. The highest BCUT2D eigenvalue weighted by molar-refractivity contribution is 7.46. The van der Waals surface area contributed by atoms with Crippen LogP contribution in [0.25, 0.3) is 0 Å². The summed E-state index contributed by atoms with van der Waals surface area (Å²) < 4.78 is 70.1. The van der Waals surface area contributed by atoms with Crippen LogP contribution in [0, 0.1) is 35.5 Å². The molecule has 4 N–H and O–H groups in total. The molecule has 0 aromatic carbocycles. The van der Waals surface area contributed by atoms with E-state index in [1.54, 1.807) is 6.92 Å². The highest BCUT2D eigenvalue weighted by atomic mass is 31.2. The average Bonchev–Trinajstić information content (AvgIpc) is 3.64. The zero-order chi connectivity index (χ0) is 32.5. The maximum atomic E-state index is 13.6. The fourth-order valence-electron chi connectivity index (χ4n) is 9.53. The van der Waals surface area contributed by atoms with Gasteiger partial charge in [0.15, 0.2) is 12.6 Å². The maximum Gasteiger partial charge on any atom is 0.470 e. The van der Waals surface area contributed by atoms with Gasteiger partial charge in [-0.25, -0.2) is 4.57 Å². The van der Waals surface area contributed by atoms with Crippen molar-refractivity contribution in [1.29, 1.82) is 0 Å². The number of aliphatic hydroxyl groups is 2. The Bertz CT molecular complexity index is 1140. The number of phosphoric ester groups is 1. The number of carbonyl (C=O) groups is 1. The number of cyclic esters (lactones) is 1. The number of hydrogen-bond donors (Lipinski definition) is 4. The molecule has 6 unspecified atom stereocenters. The van der Waals surface area contributed by atoms with Gasteiger partial charge in [0.25, 0.3) is 0 Å². The van der Waals surface area contributed by atoms with Crippen LogP contribution in [0.2, 0.25) is 0 Å². The van der Waals surface area contributed by atoms with Crippen molar-refractivity contribution in [3.8, 4) is 0 Å². The van der Waals surface area contributed by atoms with E-state index < -0.39 is 81.1 Å². The normalized spacial score (nSPS) is 52.3. The Morgan fingerprint density at radius 1 is 0.804 bits per heavy atom. The third-order valence-corrected chi connectivity index (χ3v) is 11.9. The van der Waals surface area contributed by atoms with E-state index in [0.717, 1.165) is 0 Å². The van der Waals surface area contributed by atoms with Crippen LogP contribution in [0.3, 0.4) is 0 Å². The Labute approximate surface area is 266 Å². The summed E-state index contributed by atoms with van der Waals surface area (Å²) in [5.74, 6) is -1.97. The summed E-state index contributed by atoms with van der Waals surface area (Å²) >= 11 is 0. The molecule has 7 aliphatic rings. The van der Waals surface area contributed by atoms with Crippen LogP contribution in [0.15, 0.2) is 0 Å². The summed E-state index contributed by atoms with van der Waals surface area (Å²) in [6, 6.07) is 0. The van der Waals surface area contributed by atoms with Gasteiger partial charge in [-0.3, -0.25) is 9.32 Å². The smallest absolute Gasteiger partial charge is 0.465 e. The zero-order valence-corrected chi connectivity index (χ0v) is 26.9. The molecule has 262 valence electrons. The molecule has 0 bridgehead atoms. The highest BCUT2D eigenvalue weighted by Crippen LogP contribution is 2.58. The fourth-order valence-corrected chi connectivity index (χ4v) is 10.1. The van der Waals surface area contributed by atoms with Crippen LogP contribution in [-0.2, 0) is 56.5 Å². The minimum atomic E-state index is -4.85. The van der Waals surface area contributed by atoms with Crippen LogP contribution >= 0.6 is 7.82 Å². The van der Waals surface area contributed by atoms with Gasteiger partial charge >= 0.3 is 13.8 Å². The largest absolute Gasteiger partial charge is 0.470 e. The minimum Gasteiger partial charge on any atom is -0.465 e. The van der Waals surface area contributed by atoms with Crippen molar-refractivity contribution >= 4 is 13.8 Å². The Morgan fingerprint density at radius 3 is 2.13 bits per heavy atom. The lowest BCUT2D eigenvalue weighted by molar-refractivity contribution is -0.369. The molecule has 3 saturated carbocycles. The monoisotopic (exact) mass is 680 g/mol. The summed E-state index contributed by atoms with van der Waals surface area (Å²) in [6.07, 6.45) is -7.32. The van der Waals surface area contributed by atoms with Crippen molar-refractivity contribution < 1.29 is 76.5 Å². The molecule has 16 atom stereocenters. The van der Waals surface area contributed by atoms with E-state index >= 15 is 0 Å². The number of esters is 1. The number of phosphoric acid groups is 1. The Hall–Kier alpha value is -0.820. The summed E-state index contributed by atoms with van der Waals surface area (Å²) in [4.78, 5) is 32.8. The second-order valence-corrected chi connectivity index (χ2v) is 14.9. The van der Waals surface area contributed by atoms with Crippen molar-refractivity contribution in [2.75, 3.05) is 34.2 Å². The molecule has 4 saturated heterocycles. The van der Waals surface area contributed by atoms with Gasteiger partial charge in [0.1, 0.15) is 37.3 Å². The van der Waals surface area contributed by atoms with E-state index in [-0.39, 0.29) is 61.9 Å². The van der Waals surface area contributed by atoms with Crippen LogP contribution in [-0.4, -0.2) is 134 Å². The lowest BCUT2D eigenvalue weighted by atomic mass is 9.52. The van der Waals surface area contributed by atoms with E-state index in [4.69, 9.17) is 47.2 Å². The maximum absolute atomic E-state index is 13.6. The zero-order valence-electron chi connectivity index (χ0n) is 26.0. The summed E-state index contributed by atoms with van der Waals surface area (Å²) in [6.45, 7) is 2.14. The van der Waals surface area contributed by atoms with Crippen molar-refractivity contribution in [3.63, 3.8) is 0 Å². The summed E-state index contributed by atoms with van der Waals surface area (Å²) in [7, 11) is -1.92. The SMILES string of the molecule is COC1CC([C@@H]2C3CC4OCOC4CC3[C@@H](O[C@@H]3O[C@@H]4CO[C@@H](C)O[C@H]4[C@H](O)[C@H]3O)[C@H]3COC(=O)[C@H]23)CC(OC)C1OP(=O)(O)O. The Morgan fingerprint density at radius 2 is 1.48 bits per heavy atom. The molecule has 7 rings (SSSR count). The quantitative estimate of drug-likeness (QED) is 0.201. The van der Waals surface area contributed by atoms with Gasteiger partial charge in [-0.2, -0.15) is 0 Å². The number of hydrogen-bond acceptors (Lipinski definition) is 14. The van der Waals surface area contributed by atoms with E-state index in [0.29, 0.717) is 25.7 Å². The second-order valence-electron chi connectivity index (χ2n) is 13.7. The van der Waals surface area contributed by atoms with Crippen LogP contribution in [0.4, 0.5) is 0 Å². The van der Waals surface area contributed by atoms with Crippen molar-refractivity contribution in [1.82, 2.24) is 0 Å². The molecule has 0 amide bonds. The third-order valence-electron chi connectivity index (χ3n) is 11.4. The Kier molecular flexibility index (Phi) is 9.62. The first-order chi connectivity index (χ1) is 22.0. The van der Waals surface area contributed by atoms with E-state index in [1.807, 2.05) is 0 Å². The molecule has 7 fully saturated rings. The van der Waals surface area contributed by atoms with E-state index in [2.05, 4.69) is 0 Å². The molecule has 17 heteroatoms. The molecule has 46 heavy (non-hydrogen) atoms. The van der Waals surface area contributed by atoms with Gasteiger partial charge in [-0.1, -0.05) is 0 Å². The number of fused-ring (bicyclic) bond motifs is 4. The van der Waals surface area contributed by atoms with Gasteiger partial charge in [0.2, 0.25) is 0 Å². The van der Waals surface area contributed by atoms with Crippen molar-refractivity contribution in [2.45, 2.75) is 106 Å². The van der Waals surface area contributed by atoms with Crippen molar-refractivity contribution in [3.05, 3.63) is 0 Å². The highest BCUT2D eigenvalue weighted by Gasteiger charge is 2.64. The van der Waals surface area contributed by atoms with Crippen LogP contribution in [0.1, 0.15) is 32.6 Å². The molecular formula is C29H45O16P. The lowest BCUT2D eigenvalue weighted by Gasteiger charge is -2.56. The molecule has 4 aliphatic heterocycles. The second kappa shape index (κ2) is 13.1. The molecule has 0 aromatic rings. The Balaban J connectivity index is 1.19. The topological polar surface area (TPSA) is 207 Å². The van der Waals surface area contributed by atoms with Gasteiger partial charge in [0, 0.05) is 20.1 Å². The molecule has 0 aromatic heterocycles. The van der Waals surface area contributed by atoms with E-state index in [9.17, 15) is 29.4 Å². The first-order valence-electron chi connectivity index (χ1n) is 16.1. The van der Waals surface area contributed by atoms with Gasteiger partial charge in [0.05, 0.1) is 49.7 Å². The molecule has 0 spiro atoms. The summed E-state index contributed by atoms with van der Waals surface area (Å²) in [5, 5.41) is 22.1. The number of carbonyl (C=O) groups excluding carboxylic acids is 1. The number of aliphatic hydroxyl groups excluding tert-OH is 2. The average molecular weight is 681 g/mol. The van der Waals surface area contributed by atoms with Crippen LogP contribution < -0.4 is 0 Å². The number of ether oxygens (including phenoxy) is 9. The fraction of sp³-hybridized carbons (Fsp3) is 0.966. The molecule has 0 radical (unpaired) electrons. The van der Waals surface area contributed by atoms with E-state index in [1.165, 1.54) is 14.2 Å². The third kappa shape index (κ3) is 6.10. The predicted molar refractivity (Wildman–Crippen MR) is 149 cm³/mol. The molecular weight excluding hydrogens is 635 g/mol.